The normalized spacial score (nSPS) is 28.9. The van der Waals surface area contributed by atoms with Gasteiger partial charge < -0.3 is 15.5 Å². The van der Waals surface area contributed by atoms with Crippen LogP contribution in [0.5, 0.6) is 0 Å². The lowest BCUT2D eigenvalue weighted by atomic mass is 9.88. The maximum absolute atomic E-state index is 13.9. The molecule has 3 atom stereocenters. The summed E-state index contributed by atoms with van der Waals surface area (Å²) in [4.78, 5) is 55.1. The first kappa shape index (κ1) is 27.3. The van der Waals surface area contributed by atoms with E-state index in [2.05, 4.69) is 18.8 Å². The molecule has 1 aromatic rings. The van der Waals surface area contributed by atoms with Crippen molar-refractivity contribution in [3.05, 3.63) is 36.2 Å². The quantitative estimate of drug-likeness (QED) is 0.564. The van der Waals surface area contributed by atoms with Crippen molar-refractivity contribution in [3.8, 4) is 0 Å². The number of piperazine rings is 1. The molecule has 0 spiro atoms. The second-order valence-corrected chi connectivity index (χ2v) is 11.4. The summed E-state index contributed by atoms with van der Waals surface area (Å²) in [5.41, 5.74) is 6.78. The van der Waals surface area contributed by atoms with Crippen LogP contribution in [-0.4, -0.2) is 74.5 Å². The van der Waals surface area contributed by atoms with Gasteiger partial charge in [-0.3, -0.25) is 24.2 Å². The third-order valence-electron chi connectivity index (χ3n) is 7.49. The fraction of sp³-hybridized carbons (Fsp3) is 0.643. The minimum atomic E-state index is -0.815. The molecule has 3 amide bonds. The molecule has 9 nitrogen and oxygen atoms in total. The Morgan fingerprint density at radius 3 is 2.41 bits per heavy atom. The molecule has 4 rings (SSSR count). The van der Waals surface area contributed by atoms with Crippen LogP contribution in [0.25, 0.3) is 6.08 Å². The molecular weight excluding hydrogens is 470 g/mol. The van der Waals surface area contributed by atoms with E-state index in [9.17, 15) is 14.4 Å². The zero-order valence-electron chi connectivity index (χ0n) is 22.5. The van der Waals surface area contributed by atoms with E-state index in [1.165, 1.54) is 11.1 Å². The Labute approximate surface area is 220 Å². The van der Waals surface area contributed by atoms with E-state index in [0.29, 0.717) is 18.5 Å². The monoisotopic (exact) mass is 511 g/mol. The average Bonchev–Trinajstić information content (AvgIpc) is 2.86. The Morgan fingerprint density at radius 2 is 1.78 bits per heavy atom. The molecule has 2 saturated heterocycles. The molecule has 2 N–H and O–H groups in total. The standard InChI is InChI=1S/C28H41N5O4/c1-18(2)15-23-27(35)31(22-11-8-20(29)9-12-22)17-25-32(23)28(36)24(16-19(3)4)37-33(25)26(34)13-10-21-7-5-6-14-30-21/h5-7,10,13-14,18-20,22-25H,8-9,11-12,15-17,29H2,1-4H3/b13-10+/t20?,22?,23-,24+,25-/m0/s1. The highest BCUT2D eigenvalue weighted by Crippen LogP contribution is 2.35. The molecule has 37 heavy (non-hydrogen) atoms. The fourth-order valence-electron chi connectivity index (χ4n) is 5.66. The minimum absolute atomic E-state index is 0.0274. The van der Waals surface area contributed by atoms with Crippen molar-refractivity contribution in [2.75, 3.05) is 6.54 Å². The van der Waals surface area contributed by atoms with E-state index in [1.807, 2.05) is 36.9 Å². The molecule has 9 heteroatoms. The van der Waals surface area contributed by atoms with Gasteiger partial charge in [-0.1, -0.05) is 33.8 Å². The van der Waals surface area contributed by atoms with Crippen molar-refractivity contribution in [1.29, 1.82) is 0 Å². The zero-order valence-corrected chi connectivity index (χ0v) is 22.5. The van der Waals surface area contributed by atoms with Crippen LogP contribution in [0.15, 0.2) is 30.5 Å². The second-order valence-electron chi connectivity index (χ2n) is 11.4. The van der Waals surface area contributed by atoms with E-state index in [4.69, 9.17) is 10.6 Å². The number of hydrogen-bond acceptors (Lipinski definition) is 6. The number of amides is 3. The molecule has 0 radical (unpaired) electrons. The van der Waals surface area contributed by atoms with Gasteiger partial charge in [0.1, 0.15) is 6.04 Å². The largest absolute Gasteiger partial charge is 0.334 e. The maximum atomic E-state index is 13.9. The summed E-state index contributed by atoms with van der Waals surface area (Å²) in [7, 11) is 0. The number of aromatic nitrogens is 1. The molecule has 0 unspecified atom stereocenters. The highest BCUT2D eigenvalue weighted by Gasteiger charge is 2.53. The van der Waals surface area contributed by atoms with Crippen molar-refractivity contribution in [2.45, 2.75) is 96.6 Å². The number of pyridine rings is 1. The van der Waals surface area contributed by atoms with Gasteiger partial charge in [-0.2, -0.15) is 5.06 Å². The Kier molecular flexibility index (Phi) is 8.64. The Hall–Kier alpha value is -2.78. The number of fused-ring (bicyclic) bond motifs is 1. The molecule has 3 heterocycles. The lowest BCUT2D eigenvalue weighted by molar-refractivity contribution is -0.275. The first-order chi connectivity index (χ1) is 17.7. The molecule has 1 aliphatic carbocycles. The number of carbonyl (C=O) groups is 3. The number of carbonyl (C=O) groups excluding carboxylic acids is 3. The van der Waals surface area contributed by atoms with Crippen LogP contribution >= 0.6 is 0 Å². The molecular formula is C28H41N5O4. The van der Waals surface area contributed by atoms with E-state index in [1.54, 1.807) is 17.2 Å². The van der Waals surface area contributed by atoms with Gasteiger partial charge in [0, 0.05) is 24.4 Å². The van der Waals surface area contributed by atoms with E-state index >= 15 is 0 Å². The summed E-state index contributed by atoms with van der Waals surface area (Å²) >= 11 is 0. The van der Waals surface area contributed by atoms with Crippen molar-refractivity contribution >= 4 is 23.8 Å². The van der Waals surface area contributed by atoms with Gasteiger partial charge in [0.2, 0.25) is 5.91 Å². The highest BCUT2D eigenvalue weighted by atomic mass is 16.7. The van der Waals surface area contributed by atoms with E-state index in [0.717, 1.165) is 25.7 Å². The van der Waals surface area contributed by atoms with Crippen LogP contribution in [0, 0.1) is 11.8 Å². The molecule has 0 aromatic carbocycles. The summed E-state index contributed by atoms with van der Waals surface area (Å²) < 4.78 is 0. The van der Waals surface area contributed by atoms with Crippen LogP contribution in [0.1, 0.15) is 71.9 Å². The van der Waals surface area contributed by atoms with Crippen molar-refractivity contribution < 1.29 is 19.2 Å². The Morgan fingerprint density at radius 1 is 1.08 bits per heavy atom. The SMILES string of the molecule is CC(C)C[C@H]1ON(C(=O)/C=C/c2ccccn2)[C@H]2CN(C3CCC(N)CC3)C(=O)[C@H](CC(C)C)N2C1=O. The van der Waals surface area contributed by atoms with Crippen molar-refractivity contribution in [3.63, 3.8) is 0 Å². The molecule has 0 bridgehead atoms. The number of hydrogen-bond donors (Lipinski definition) is 1. The Balaban J connectivity index is 1.68. The van der Waals surface area contributed by atoms with Gasteiger partial charge in [0.15, 0.2) is 12.3 Å². The predicted molar refractivity (Wildman–Crippen MR) is 140 cm³/mol. The fourth-order valence-corrected chi connectivity index (χ4v) is 5.66. The summed E-state index contributed by atoms with van der Waals surface area (Å²) in [6.07, 6.45) is 7.60. The molecule has 1 aromatic heterocycles. The first-order valence-electron chi connectivity index (χ1n) is 13.6. The lowest BCUT2D eigenvalue weighted by Gasteiger charge is -2.55. The van der Waals surface area contributed by atoms with Gasteiger partial charge in [-0.05, 0) is 68.6 Å². The zero-order chi connectivity index (χ0) is 26.7. The average molecular weight is 512 g/mol. The van der Waals surface area contributed by atoms with E-state index in [-0.39, 0.29) is 48.2 Å². The van der Waals surface area contributed by atoms with Crippen molar-refractivity contribution in [1.82, 2.24) is 19.8 Å². The van der Waals surface area contributed by atoms with Gasteiger partial charge in [0.05, 0.1) is 12.2 Å². The highest BCUT2D eigenvalue weighted by molar-refractivity contribution is 5.95. The van der Waals surface area contributed by atoms with Crippen LogP contribution in [0.4, 0.5) is 0 Å². The Bertz CT molecular complexity index is 990. The summed E-state index contributed by atoms with van der Waals surface area (Å²) in [5.74, 6) is -0.230. The van der Waals surface area contributed by atoms with Crippen LogP contribution < -0.4 is 5.73 Å². The predicted octanol–water partition coefficient (Wildman–Crippen LogP) is 2.96. The molecule has 202 valence electrons. The molecule has 3 aliphatic rings. The summed E-state index contributed by atoms with van der Waals surface area (Å²) in [6, 6.07) is 5.05. The molecule has 3 fully saturated rings. The molecule has 1 saturated carbocycles. The van der Waals surface area contributed by atoms with Crippen LogP contribution in [-0.2, 0) is 19.2 Å². The van der Waals surface area contributed by atoms with E-state index < -0.39 is 18.3 Å². The number of hydroxylamine groups is 2. The smallest absolute Gasteiger partial charge is 0.272 e. The maximum Gasteiger partial charge on any atom is 0.272 e. The number of nitrogens with two attached hydrogens (primary N) is 1. The second kappa shape index (κ2) is 11.7. The van der Waals surface area contributed by atoms with Crippen molar-refractivity contribution in [2.24, 2.45) is 17.6 Å². The van der Waals surface area contributed by atoms with Gasteiger partial charge in [-0.25, -0.2) is 0 Å². The topological polar surface area (TPSA) is 109 Å². The minimum Gasteiger partial charge on any atom is -0.334 e. The van der Waals surface area contributed by atoms with Gasteiger partial charge >= 0.3 is 0 Å². The van der Waals surface area contributed by atoms with Gasteiger partial charge in [-0.15, -0.1) is 0 Å². The number of rotatable bonds is 7. The summed E-state index contributed by atoms with van der Waals surface area (Å²) in [5, 5.41) is 1.33. The third-order valence-corrected chi connectivity index (χ3v) is 7.49. The first-order valence-corrected chi connectivity index (χ1v) is 13.6. The third kappa shape index (κ3) is 6.21. The van der Waals surface area contributed by atoms with Crippen LogP contribution in [0.3, 0.4) is 0 Å². The lowest BCUT2D eigenvalue weighted by Crippen LogP contribution is -2.74. The van der Waals surface area contributed by atoms with Gasteiger partial charge in [0.25, 0.3) is 11.8 Å². The number of nitrogens with zero attached hydrogens (tertiary/aromatic N) is 4. The molecule has 2 aliphatic heterocycles. The van der Waals surface area contributed by atoms with Crippen LogP contribution in [0.2, 0.25) is 0 Å². The summed E-state index contributed by atoms with van der Waals surface area (Å²) in [6.45, 7) is 8.36.